The average Bonchev–Trinajstić information content (AvgIpc) is 3.86. The summed E-state index contributed by atoms with van der Waals surface area (Å²) < 4.78 is 18.8. The van der Waals surface area contributed by atoms with E-state index in [4.69, 9.17) is 13.6 Å². The smallest absolute Gasteiger partial charge is 0.136 e. The first-order valence-electron chi connectivity index (χ1n) is 16.9. The maximum Gasteiger partial charge on any atom is 0.136 e. The molecule has 9 aromatic rings. The highest BCUT2D eigenvalue weighted by Gasteiger charge is 2.32. The maximum atomic E-state index is 6.31. The molecule has 0 amide bonds. The summed E-state index contributed by atoms with van der Waals surface area (Å²) in [6.07, 6.45) is 12.3. The molecule has 3 aromatic heterocycles. The second-order valence-electron chi connectivity index (χ2n) is 13.1. The fraction of sp³-hybridized carbons (Fsp3) is 0.0444. The van der Waals surface area contributed by atoms with E-state index in [0.717, 1.165) is 88.6 Å². The second-order valence-corrected chi connectivity index (χ2v) is 13.1. The van der Waals surface area contributed by atoms with Gasteiger partial charge in [0, 0.05) is 67.9 Å². The maximum absolute atomic E-state index is 6.31. The van der Waals surface area contributed by atoms with Crippen LogP contribution in [0.15, 0.2) is 167 Å². The summed E-state index contributed by atoms with van der Waals surface area (Å²) in [5.41, 5.74) is 10.2. The van der Waals surface area contributed by atoms with Crippen LogP contribution >= 0.6 is 0 Å². The van der Waals surface area contributed by atoms with Crippen molar-refractivity contribution in [3.8, 4) is 16.9 Å². The lowest BCUT2D eigenvalue weighted by Crippen LogP contribution is -2.15. The molecule has 2 aliphatic rings. The Morgan fingerprint density at radius 2 is 1.28 bits per heavy atom. The SMILES string of the molecule is C1=CC2Oc3ccc(N(c4ccc(-c5ccc6oc7ccc8cnccc8c7c6c5)cc4)c4ccc5oc6ccccc6c5c4)cc3C2C=C1. The van der Waals surface area contributed by atoms with Crippen molar-refractivity contribution in [2.75, 3.05) is 4.90 Å². The summed E-state index contributed by atoms with van der Waals surface area (Å²) in [5.74, 6) is 1.14. The minimum Gasteiger partial charge on any atom is -0.485 e. The van der Waals surface area contributed by atoms with Crippen LogP contribution in [-0.2, 0) is 0 Å². The Labute approximate surface area is 286 Å². The normalized spacial score (nSPS) is 16.4. The lowest BCUT2D eigenvalue weighted by molar-refractivity contribution is 0.269. The van der Waals surface area contributed by atoms with Crippen molar-refractivity contribution in [3.63, 3.8) is 0 Å². The molecule has 236 valence electrons. The molecule has 0 fully saturated rings. The van der Waals surface area contributed by atoms with Crippen molar-refractivity contribution >= 4 is 71.7 Å². The molecule has 2 atom stereocenters. The fourth-order valence-electron chi connectivity index (χ4n) is 7.90. The van der Waals surface area contributed by atoms with E-state index in [9.17, 15) is 0 Å². The number of allylic oxidation sites excluding steroid dienone is 2. The molecule has 1 aliphatic heterocycles. The van der Waals surface area contributed by atoms with Gasteiger partial charge in [0.05, 0.1) is 0 Å². The molecule has 0 radical (unpaired) electrons. The van der Waals surface area contributed by atoms with Gasteiger partial charge in [0.2, 0.25) is 0 Å². The zero-order valence-corrected chi connectivity index (χ0v) is 26.8. The van der Waals surface area contributed by atoms with Gasteiger partial charge in [-0.1, -0.05) is 54.6 Å². The molecule has 2 unspecified atom stereocenters. The number of rotatable bonds is 4. The molecule has 50 heavy (non-hydrogen) atoms. The van der Waals surface area contributed by atoms with Crippen LogP contribution in [-0.4, -0.2) is 11.1 Å². The quantitative estimate of drug-likeness (QED) is 0.191. The van der Waals surface area contributed by atoms with E-state index in [1.54, 1.807) is 0 Å². The molecule has 11 rings (SSSR count). The van der Waals surface area contributed by atoms with Gasteiger partial charge in [0.25, 0.3) is 0 Å². The van der Waals surface area contributed by atoms with Crippen LogP contribution in [0.1, 0.15) is 11.5 Å². The summed E-state index contributed by atoms with van der Waals surface area (Å²) in [6, 6.07) is 42.7. The number of pyridine rings is 1. The highest BCUT2D eigenvalue weighted by atomic mass is 16.5. The molecule has 5 heteroatoms. The van der Waals surface area contributed by atoms with Gasteiger partial charge in [-0.05, 0) is 108 Å². The zero-order chi connectivity index (χ0) is 32.8. The number of hydrogen-bond donors (Lipinski definition) is 0. The first kappa shape index (κ1) is 27.4. The third kappa shape index (κ3) is 4.10. The Bertz CT molecular complexity index is 2880. The predicted octanol–water partition coefficient (Wildman–Crippen LogP) is 12.1. The van der Waals surface area contributed by atoms with E-state index in [1.807, 2.05) is 30.6 Å². The highest BCUT2D eigenvalue weighted by molar-refractivity contribution is 6.19. The number of nitrogens with zero attached hydrogens (tertiary/aromatic N) is 2. The number of para-hydroxylation sites is 1. The topological polar surface area (TPSA) is 51.6 Å². The molecule has 4 heterocycles. The number of anilines is 3. The second kappa shape index (κ2) is 10.5. The first-order valence-corrected chi connectivity index (χ1v) is 16.9. The van der Waals surface area contributed by atoms with E-state index in [0.29, 0.717) is 0 Å². The molecule has 1 aliphatic carbocycles. The molecule has 0 bridgehead atoms. The summed E-state index contributed by atoms with van der Waals surface area (Å²) in [4.78, 5) is 6.65. The monoisotopic (exact) mass is 644 g/mol. The van der Waals surface area contributed by atoms with Crippen LogP contribution in [0.2, 0.25) is 0 Å². The minimum absolute atomic E-state index is 0.0333. The summed E-state index contributed by atoms with van der Waals surface area (Å²) in [5, 5.41) is 6.67. The molecular weight excluding hydrogens is 617 g/mol. The van der Waals surface area contributed by atoms with Crippen LogP contribution in [0.3, 0.4) is 0 Å². The van der Waals surface area contributed by atoms with Crippen LogP contribution in [0.5, 0.6) is 5.75 Å². The number of fused-ring (bicyclic) bond motifs is 11. The van der Waals surface area contributed by atoms with Gasteiger partial charge in [-0.25, -0.2) is 0 Å². The largest absolute Gasteiger partial charge is 0.485 e. The summed E-state index contributed by atoms with van der Waals surface area (Å²) in [7, 11) is 0. The van der Waals surface area contributed by atoms with Gasteiger partial charge < -0.3 is 18.5 Å². The summed E-state index contributed by atoms with van der Waals surface area (Å²) >= 11 is 0. The molecule has 0 saturated carbocycles. The standard InChI is InChI=1S/C45H28N2O3/c1-3-7-39-34(5-1)36-24-31(15-19-41(36)48-39)47(32-16-20-42-37(25-32)35-6-2-4-8-40(35)49-42)30-13-9-27(10-14-30)28-11-17-43-38(23-28)45-33-21-22-46-26-29(33)12-18-44(45)50-43/h1-26,34,39H. The zero-order valence-electron chi connectivity index (χ0n) is 26.8. The Morgan fingerprint density at radius 3 is 2.24 bits per heavy atom. The van der Waals surface area contributed by atoms with Gasteiger partial charge in [-0.2, -0.15) is 0 Å². The molecule has 0 saturated heterocycles. The number of hydrogen-bond acceptors (Lipinski definition) is 5. The van der Waals surface area contributed by atoms with Gasteiger partial charge >= 0.3 is 0 Å². The average molecular weight is 645 g/mol. The van der Waals surface area contributed by atoms with Crippen LogP contribution < -0.4 is 9.64 Å². The Kier molecular flexibility index (Phi) is 5.72. The van der Waals surface area contributed by atoms with Gasteiger partial charge in [0.1, 0.15) is 34.2 Å². The lowest BCUT2D eigenvalue weighted by Gasteiger charge is -2.26. The Hall–Kier alpha value is -6.59. The predicted molar refractivity (Wildman–Crippen MR) is 202 cm³/mol. The van der Waals surface area contributed by atoms with Crippen molar-refractivity contribution in [2.24, 2.45) is 0 Å². The third-order valence-corrected chi connectivity index (χ3v) is 10.3. The summed E-state index contributed by atoms with van der Waals surface area (Å²) in [6.45, 7) is 0. The molecule has 5 nitrogen and oxygen atoms in total. The number of ether oxygens (including phenoxy) is 1. The van der Waals surface area contributed by atoms with Crippen molar-refractivity contribution in [3.05, 3.63) is 164 Å². The molecule has 0 N–H and O–H groups in total. The van der Waals surface area contributed by atoms with Crippen LogP contribution in [0.4, 0.5) is 17.1 Å². The number of benzene rings is 6. The Morgan fingerprint density at radius 1 is 0.540 bits per heavy atom. The fourth-order valence-corrected chi connectivity index (χ4v) is 7.90. The van der Waals surface area contributed by atoms with E-state index < -0.39 is 0 Å². The minimum atomic E-state index is 0.0333. The van der Waals surface area contributed by atoms with Crippen molar-refractivity contribution in [1.82, 2.24) is 4.98 Å². The van der Waals surface area contributed by atoms with Crippen molar-refractivity contribution in [1.29, 1.82) is 0 Å². The van der Waals surface area contributed by atoms with E-state index >= 15 is 0 Å². The van der Waals surface area contributed by atoms with Gasteiger partial charge in [-0.15, -0.1) is 0 Å². The Balaban J connectivity index is 1.04. The highest BCUT2D eigenvalue weighted by Crippen LogP contribution is 2.46. The van der Waals surface area contributed by atoms with E-state index in [-0.39, 0.29) is 12.0 Å². The van der Waals surface area contributed by atoms with E-state index in [1.165, 1.54) is 5.56 Å². The molecule has 0 spiro atoms. The van der Waals surface area contributed by atoms with Crippen LogP contribution in [0, 0.1) is 0 Å². The van der Waals surface area contributed by atoms with E-state index in [2.05, 4.69) is 137 Å². The lowest BCUT2D eigenvalue weighted by atomic mass is 9.91. The van der Waals surface area contributed by atoms with Crippen molar-refractivity contribution < 1.29 is 13.6 Å². The van der Waals surface area contributed by atoms with Crippen LogP contribution in [0.25, 0.3) is 65.8 Å². The van der Waals surface area contributed by atoms with Gasteiger partial charge in [0.15, 0.2) is 0 Å². The first-order chi connectivity index (χ1) is 24.7. The van der Waals surface area contributed by atoms with Crippen molar-refractivity contribution in [2.45, 2.75) is 12.0 Å². The number of aromatic nitrogens is 1. The third-order valence-electron chi connectivity index (χ3n) is 10.3. The number of furan rings is 2. The molecular formula is C45H28N2O3. The molecule has 6 aromatic carbocycles. The van der Waals surface area contributed by atoms with Gasteiger partial charge in [-0.3, -0.25) is 4.98 Å².